The van der Waals surface area contributed by atoms with Crippen LogP contribution in [-0.2, 0) is 6.61 Å². The topological polar surface area (TPSA) is 89.1 Å². The zero-order chi connectivity index (χ0) is 16.2. The number of hydrogen-bond acceptors (Lipinski definition) is 2. The molecule has 0 unspecified atom stereocenters. The van der Waals surface area contributed by atoms with E-state index in [1.807, 2.05) is 54.7 Å². The van der Waals surface area contributed by atoms with Crippen LogP contribution in [0.5, 0.6) is 0 Å². The van der Waals surface area contributed by atoms with Crippen LogP contribution in [0.3, 0.4) is 0 Å². The number of carboxylic acid groups (broad SMARTS) is 1. The summed E-state index contributed by atoms with van der Waals surface area (Å²) in [5.74, 6) is -0.925. The lowest BCUT2D eigenvalue weighted by molar-refractivity contribution is 0.0691. The number of H-pyrrole nitrogens is 2. The molecule has 2 aromatic carbocycles. The molecule has 0 aliphatic carbocycles. The lowest BCUT2D eigenvalue weighted by Gasteiger charge is -1.90. The molecule has 5 nitrogen and oxygen atoms in total. The lowest BCUT2D eigenvalue weighted by Crippen LogP contribution is -1.94. The van der Waals surface area contributed by atoms with E-state index in [1.54, 1.807) is 6.07 Å². The van der Waals surface area contributed by atoms with Gasteiger partial charge < -0.3 is 20.2 Å². The van der Waals surface area contributed by atoms with E-state index in [1.165, 1.54) is 0 Å². The van der Waals surface area contributed by atoms with E-state index in [2.05, 4.69) is 9.97 Å². The number of rotatable bonds is 2. The molecule has 23 heavy (non-hydrogen) atoms. The van der Waals surface area contributed by atoms with Crippen LogP contribution in [0.2, 0.25) is 0 Å². The maximum Gasteiger partial charge on any atom is 0.352 e. The van der Waals surface area contributed by atoms with Crippen LogP contribution in [0, 0.1) is 0 Å². The van der Waals surface area contributed by atoms with Crippen LogP contribution in [-0.4, -0.2) is 26.2 Å². The summed E-state index contributed by atoms with van der Waals surface area (Å²) < 4.78 is 0. The third-order valence-corrected chi connectivity index (χ3v) is 3.61. The average molecular weight is 308 g/mol. The van der Waals surface area contributed by atoms with Crippen molar-refractivity contribution in [1.29, 1.82) is 0 Å². The molecule has 0 atom stereocenters. The van der Waals surface area contributed by atoms with Crippen molar-refractivity contribution in [2.45, 2.75) is 6.61 Å². The first-order chi connectivity index (χ1) is 11.2. The van der Waals surface area contributed by atoms with Crippen LogP contribution in [0.1, 0.15) is 16.1 Å². The predicted octanol–water partition coefficient (Wildman–Crippen LogP) is 3.53. The highest BCUT2D eigenvalue weighted by Crippen LogP contribution is 2.17. The van der Waals surface area contributed by atoms with Crippen molar-refractivity contribution in [2.75, 3.05) is 0 Å². The number of carbonyl (C=O) groups is 1. The Morgan fingerprint density at radius 3 is 2.39 bits per heavy atom. The Morgan fingerprint density at radius 2 is 1.70 bits per heavy atom. The van der Waals surface area contributed by atoms with Crippen LogP contribution < -0.4 is 0 Å². The van der Waals surface area contributed by atoms with Crippen LogP contribution >= 0.6 is 0 Å². The summed E-state index contributed by atoms with van der Waals surface area (Å²) in [5.41, 5.74) is 3.13. The van der Waals surface area contributed by atoms with Crippen molar-refractivity contribution >= 4 is 27.8 Å². The molecular weight excluding hydrogens is 292 g/mol. The van der Waals surface area contributed by atoms with Gasteiger partial charge in [0.25, 0.3) is 0 Å². The van der Waals surface area contributed by atoms with Gasteiger partial charge in [-0.25, -0.2) is 4.79 Å². The number of nitrogens with one attached hydrogen (secondary N) is 2. The number of aliphatic hydroxyl groups excluding tert-OH is 1. The molecule has 0 bridgehead atoms. The summed E-state index contributed by atoms with van der Waals surface area (Å²) in [5, 5.41) is 19.6. The minimum atomic E-state index is -0.925. The zero-order valence-corrected chi connectivity index (χ0v) is 12.3. The lowest BCUT2D eigenvalue weighted by atomic mass is 10.2. The zero-order valence-electron chi connectivity index (χ0n) is 12.3. The van der Waals surface area contributed by atoms with Crippen molar-refractivity contribution in [2.24, 2.45) is 0 Å². The molecule has 0 aliphatic heterocycles. The van der Waals surface area contributed by atoms with Crippen LogP contribution in [0.4, 0.5) is 0 Å². The molecule has 2 heterocycles. The van der Waals surface area contributed by atoms with Gasteiger partial charge in [0, 0.05) is 33.6 Å². The van der Waals surface area contributed by atoms with Gasteiger partial charge in [0.1, 0.15) is 5.69 Å². The van der Waals surface area contributed by atoms with Gasteiger partial charge in [-0.2, -0.15) is 0 Å². The second-order valence-corrected chi connectivity index (χ2v) is 5.09. The summed E-state index contributed by atoms with van der Waals surface area (Å²) in [6.45, 7) is 0.101. The van der Waals surface area contributed by atoms with Gasteiger partial charge in [0.15, 0.2) is 0 Å². The molecule has 0 saturated heterocycles. The summed E-state index contributed by atoms with van der Waals surface area (Å²) in [4.78, 5) is 16.4. The SMILES string of the molecule is O=C(O)c1cc2ccccc2[nH]1.OCc1c[nH]c2ccccc12. The molecule has 0 spiro atoms. The molecular formula is C18H16N2O3. The Balaban J connectivity index is 0.000000136. The monoisotopic (exact) mass is 308 g/mol. The van der Waals surface area contributed by atoms with E-state index < -0.39 is 5.97 Å². The van der Waals surface area contributed by atoms with Crippen molar-refractivity contribution in [3.8, 4) is 0 Å². The molecule has 4 aromatic rings. The Bertz CT molecular complexity index is 920. The minimum Gasteiger partial charge on any atom is -0.477 e. The number of para-hydroxylation sites is 2. The Labute approximate surface area is 132 Å². The number of aromatic amines is 2. The number of hydrogen-bond donors (Lipinski definition) is 4. The van der Waals surface area contributed by atoms with E-state index in [9.17, 15) is 4.79 Å². The number of aliphatic hydroxyl groups is 1. The molecule has 0 aliphatic rings. The third-order valence-electron chi connectivity index (χ3n) is 3.61. The highest BCUT2D eigenvalue weighted by molar-refractivity contribution is 5.93. The van der Waals surface area contributed by atoms with Crippen molar-refractivity contribution in [3.63, 3.8) is 0 Å². The third kappa shape index (κ3) is 3.09. The maximum absolute atomic E-state index is 10.5. The first-order valence-electron chi connectivity index (χ1n) is 7.16. The quantitative estimate of drug-likeness (QED) is 0.457. The van der Waals surface area contributed by atoms with E-state index in [-0.39, 0.29) is 12.3 Å². The smallest absolute Gasteiger partial charge is 0.352 e. The largest absolute Gasteiger partial charge is 0.477 e. The molecule has 0 saturated carbocycles. The second-order valence-electron chi connectivity index (χ2n) is 5.09. The molecule has 0 fully saturated rings. The van der Waals surface area contributed by atoms with E-state index >= 15 is 0 Å². The average Bonchev–Trinajstić information content (AvgIpc) is 3.19. The van der Waals surface area contributed by atoms with Gasteiger partial charge in [-0.15, -0.1) is 0 Å². The molecule has 4 N–H and O–H groups in total. The number of aromatic nitrogens is 2. The van der Waals surface area contributed by atoms with E-state index in [4.69, 9.17) is 10.2 Å². The van der Waals surface area contributed by atoms with Crippen molar-refractivity contribution in [3.05, 3.63) is 72.1 Å². The van der Waals surface area contributed by atoms with Gasteiger partial charge in [-0.1, -0.05) is 36.4 Å². The first kappa shape index (κ1) is 14.9. The number of aromatic carboxylic acids is 1. The van der Waals surface area contributed by atoms with Gasteiger partial charge in [-0.05, 0) is 18.2 Å². The standard InChI is InChI=1S/C9H7NO2.C9H9NO/c11-9(12)8-5-6-3-1-2-4-7(6)10-8;11-6-7-5-10-9-4-2-1-3-8(7)9/h1-5,10H,(H,11,12);1-5,10-11H,6H2. The normalized spacial score (nSPS) is 10.5. The van der Waals surface area contributed by atoms with Crippen LogP contribution in [0.25, 0.3) is 21.8 Å². The first-order valence-corrected chi connectivity index (χ1v) is 7.16. The molecule has 116 valence electrons. The molecule has 0 amide bonds. The number of fused-ring (bicyclic) bond motifs is 2. The Hall–Kier alpha value is -3.05. The van der Waals surface area contributed by atoms with Gasteiger partial charge >= 0.3 is 5.97 Å². The van der Waals surface area contributed by atoms with Gasteiger partial charge in [0.05, 0.1) is 6.61 Å². The molecule has 5 heteroatoms. The van der Waals surface area contributed by atoms with Crippen molar-refractivity contribution < 1.29 is 15.0 Å². The highest BCUT2D eigenvalue weighted by atomic mass is 16.4. The summed E-state index contributed by atoms with van der Waals surface area (Å²) in [6.07, 6.45) is 1.84. The fourth-order valence-corrected chi connectivity index (χ4v) is 2.45. The molecule has 4 rings (SSSR count). The summed E-state index contributed by atoms with van der Waals surface area (Å²) in [7, 11) is 0. The number of benzene rings is 2. The van der Waals surface area contributed by atoms with E-state index in [0.29, 0.717) is 0 Å². The van der Waals surface area contributed by atoms with Crippen molar-refractivity contribution in [1.82, 2.24) is 9.97 Å². The number of carboxylic acids is 1. The maximum atomic E-state index is 10.5. The van der Waals surface area contributed by atoms with Gasteiger partial charge in [0.2, 0.25) is 0 Å². The van der Waals surface area contributed by atoms with Gasteiger partial charge in [-0.3, -0.25) is 0 Å². The minimum absolute atomic E-state index is 0.101. The Morgan fingerprint density at radius 1 is 1.00 bits per heavy atom. The molecule has 0 radical (unpaired) electrons. The Kier molecular flexibility index (Phi) is 4.12. The second kappa shape index (κ2) is 6.37. The molecule has 2 aromatic heterocycles. The fourth-order valence-electron chi connectivity index (χ4n) is 2.45. The summed E-state index contributed by atoms with van der Waals surface area (Å²) in [6, 6.07) is 17.0. The fraction of sp³-hybridized carbons (Fsp3) is 0.0556. The predicted molar refractivity (Wildman–Crippen MR) is 89.5 cm³/mol. The van der Waals surface area contributed by atoms with Crippen LogP contribution in [0.15, 0.2) is 60.8 Å². The van der Waals surface area contributed by atoms with E-state index in [0.717, 1.165) is 27.4 Å². The highest BCUT2D eigenvalue weighted by Gasteiger charge is 2.05. The summed E-state index contributed by atoms with van der Waals surface area (Å²) >= 11 is 0.